The van der Waals surface area contributed by atoms with Crippen LogP contribution in [-0.4, -0.2) is 5.91 Å². The smallest absolute Gasteiger partial charge is 0.221 e. The van der Waals surface area contributed by atoms with Crippen LogP contribution in [0, 0.1) is 6.92 Å². The number of ether oxygens (including phenoxy) is 1. The van der Waals surface area contributed by atoms with Gasteiger partial charge in [-0.2, -0.15) is 0 Å². The van der Waals surface area contributed by atoms with E-state index < -0.39 is 0 Å². The molecule has 0 spiro atoms. The molecule has 0 aliphatic heterocycles. The summed E-state index contributed by atoms with van der Waals surface area (Å²) in [7, 11) is 0. The molecule has 0 aliphatic rings. The summed E-state index contributed by atoms with van der Waals surface area (Å²) in [5, 5.41) is 2.80. The lowest BCUT2D eigenvalue weighted by atomic mass is 10.2. The molecule has 0 fully saturated rings. The fraction of sp³-hybridized carbons (Fsp3) is 0.133. The van der Waals surface area contributed by atoms with Gasteiger partial charge in [-0.05, 0) is 30.7 Å². The van der Waals surface area contributed by atoms with Crippen LogP contribution in [0.4, 0.5) is 5.69 Å². The highest BCUT2D eigenvalue weighted by molar-refractivity contribution is 5.91. The summed E-state index contributed by atoms with van der Waals surface area (Å²) in [4.78, 5) is 11.2. The van der Waals surface area contributed by atoms with Gasteiger partial charge < -0.3 is 10.1 Å². The zero-order valence-electron chi connectivity index (χ0n) is 10.4. The molecule has 0 aliphatic carbocycles. The van der Waals surface area contributed by atoms with Crippen LogP contribution in [0.15, 0.2) is 48.5 Å². The van der Waals surface area contributed by atoms with Gasteiger partial charge in [0.05, 0.1) is 5.69 Å². The predicted octanol–water partition coefficient (Wildman–Crippen LogP) is 3.75. The maximum atomic E-state index is 11.2. The Balaban J connectivity index is 2.32. The highest BCUT2D eigenvalue weighted by Gasteiger charge is 2.08. The molecular formula is C15H15NO2. The minimum atomic E-state index is -0.109. The average Bonchev–Trinajstić information content (AvgIpc) is 2.34. The zero-order chi connectivity index (χ0) is 13.0. The molecule has 92 valence electrons. The average molecular weight is 241 g/mol. The summed E-state index contributed by atoms with van der Waals surface area (Å²) in [6.45, 7) is 3.42. The van der Waals surface area contributed by atoms with E-state index in [1.54, 1.807) is 0 Å². The van der Waals surface area contributed by atoms with Gasteiger partial charge >= 0.3 is 0 Å². The predicted molar refractivity (Wildman–Crippen MR) is 72.0 cm³/mol. The number of nitrogens with one attached hydrogen (secondary N) is 1. The molecule has 0 unspecified atom stereocenters. The van der Waals surface area contributed by atoms with Crippen molar-refractivity contribution >= 4 is 11.6 Å². The zero-order valence-corrected chi connectivity index (χ0v) is 10.4. The van der Waals surface area contributed by atoms with Crippen molar-refractivity contribution in [2.75, 3.05) is 5.32 Å². The summed E-state index contributed by atoms with van der Waals surface area (Å²) in [5.74, 6) is 1.29. The number of amides is 1. The fourth-order valence-corrected chi connectivity index (χ4v) is 1.68. The highest BCUT2D eigenvalue weighted by atomic mass is 16.5. The van der Waals surface area contributed by atoms with Crippen molar-refractivity contribution in [2.45, 2.75) is 13.8 Å². The van der Waals surface area contributed by atoms with E-state index in [1.807, 2.05) is 55.5 Å². The number of para-hydroxylation sites is 2. The minimum Gasteiger partial charge on any atom is -0.455 e. The molecule has 0 saturated carbocycles. The molecule has 18 heavy (non-hydrogen) atoms. The van der Waals surface area contributed by atoms with Crippen LogP contribution >= 0.6 is 0 Å². The topological polar surface area (TPSA) is 38.3 Å². The van der Waals surface area contributed by atoms with Crippen LogP contribution in [0.3, 0.4) is 0 Å². The number of aryl methyl sites for hydroxylation is 1. The van der Waals surface area contributed by atoms with Crippen molar-refractivity contribution in [3.8, 4) is 11.5 Å². The van der Waals surface area contributed by atoms with Crippen molar-refractivity contribution in [3.05, 3.63) is 54.1 Å². The van der Waals surface area contributed by atoms with Gasteiger partial charge in [-0.15, -0.1) is 0 Å². The van der Waals surface area contributed by atoms with Gasteiger partial charge in [-0.25, -0.2) is 0 Å². The van der Waals surface area contributed by atoms with E-state index >= 15 is 0 Å². The molecule has 0 aromatic heterocycles. The lowest BCUT2D eigenvalue weighted by Crippen LogP contribution is -2.08. The second-order valence-electron chi connectivity index (χ2n) is 4.04. The van der Waals surface area contributed by atoms with Crippen LogP contribution < -0.4 is 10.1 Å². The number of benzene rings is 2. The van der Waals surface area contributed by atoms with Gasteiger partial charge in [0, 0.05) is 6.92 Å². The number of hydrogen-bond donors (Lipinski definition) is 1. The third-order valence-corrected chi connectivity index (χ3v) is 2.51. The highest BCUT2D eigenvalue weighted by Crippen LogP contribution is 2.31. The molecule has 0 atom stereocenters. The molecule has 0 radical (unpaired) electrons. The lowest BCUT2D eigenvalue weighted by Gasteiger charge is -2.13. The monoisotopic (exact) mass is 241 g/mol. The van der Waals surface area contributed by atoms with Crippen molar-refractivity contribution in [2.24, 2.45) is 0 Å². The first kappa shape index (κ1) is 12.2. The van der Waals surface area contributed by atoms with Gasteiger partial charge in [-0.1, -0.05) is 30.3 Å². The van der Waals surface area contributed by atoms with E-state index in [-0.39, 0.29) is 5.91 Å². The molecule has 0 bridgehead atoms. The molecule has 3 heteroatoms. The van der Waals surface area contributed by atoms with E-state index in [0.29, 0.717) is 11.4 Å². The molecule has 1 amide bonds. The quantitative estimate of drug-likeness (QED) is 0.888. The number of hydrogen-bond acceptors (Lipinski definition) is 2. The van der Waals surface area contributed by atoms with Gasteiger partial charge in [0.15, 0.2) is 5.75 Å². The molecule has 2 rings (SSSR count). The van der Waals surface area contributed by atoms with Gasteiger partial charge in [0.25, 0.3) is 0 Å². The third kappa shape index (κ3) is 2.88. The maximum Gasteiger partial charge on any atom is 0.221 e. The van der Waals surface area contributed by atoms with Crippen molar-refractivity contribution in [1.82, 2.24) is 0 Å². The Bertz CT molecular complexity index is 550. The number of rotatable bonds is 3. The normalized spacial score (nSPS) is 9.89. The molecule has 1 N–H and O–H groups in total. The van der Waals surface area contributed by atoms with Crippen molar-refractivity contribution < 1.29 is 9.53 Å². The summed E-state index contributed by atoms with van der Waals surface area (Å²) in [5.41, 5.74) is 1.69. The SMILES string of the molecule is CC(=O)Nc1c(C)cccc1Oc1ccccc1. The van der Waals surface area contributed by atoms with Crippen LogP contribution in [-0.2, 0) is 4.79 Å². The van der Waals surface area contributed by atoms with Crippen LogP contribution in [0.1, 0.15) is 12.5 Å². The Morgan fingerprint density at radius 3 is 2.44 bits per heavy atom. The van der Waals surface area contributed by atoms with Crippen molar-refractivity contribution in [1.29, 1.82) is 0 Å². The van der Waals surface area contributed by atoms with E-state index in [2.05, 4.69) is 5.32 Å². The third-order valence-electron chi connectivity index (χ3n) is 2.51. The molecular weight excluding hydrogens is 226 g/mol. The first-order chi connectivity index (χ1) is 8.66. The summed E-state index contributed by atoms with van der Waals surface area (Å²) in [6, 6.07) is 15.2. The first-order valence-electron chi connectivity index (χ1n) is 5.77. The van der Waals surface area contributed by atoms with Crippen molar-refractivity contribution in [3.63, 3.8) is 0 Å². The maximum absolute atomic E-state index is 11.2. The van der Waals surface area contributed by atoms with E-state index in [1.165, 1.54) is 6.92 Å². The lowest BCUT2D eigenvalue weighted by molar-refractivity contribution is -0.114. The Labute approximate surface area is 106 Å². The molecule has 0 saturated heterocycles. The standard InChI is InChI=1S/C15H15NO2/c1-11-7-6-10-14(15(11)16-12(2)17)18-13-8-4-3-5-9-13/h3-10H,1-2H3,(H,16,17). The molecule has 2 aromatic carbocycles. The van der Waals surface area contributed by atoms with Crippen LogP contribution in [0.2, 0.25) is 0 Å². The summed E-state index contributed by atoms with van der Waals surface area (Å²) in [6.07, 6.45) is 0. The number of anilines is 1. The van der Waals surface area contributed by atoms with Gasteiger partial charge in [0.1, 0.15) is 5.75 Å². The Kier molecular flexibility index (Phi) is 3.63. The Morgan fingerprint density at radius 2 is 1.78 bits per heavy atom. The van der Waals surface area contributed by atoms with Crippen LogP contribution in [0.25, 0.3) is 0 Å². The second kappa shape index (κ2) is 5.36. The van der Waals surface area contributed by atoms with Gasteiger partial charge in [0.2, 0.25) is 5.91 Å². The summed E-state index contributed by atoms with van der Waals surface area (Å²) < 4.78 is 5.78. The Hall–Kier alpha value is -2.29. The van der Waals surface area contributed by atoms with Gasteiger partial charge in [-0.3, -0.25) is 4.79 Å². The second-order valence-corrected chi connectivity index (χ2v) is 4.04. The number of carbonyl (C=O) groups excluding carboxylic acids is 1. The van der Waals surface area contributed by atoms with E-state index in [0.717, 1.165) is 11.3 Å². The minimum absolute atomic E-state index is 0.109. The molecule has 3 nitrogen and oxygen atoms in total. The molecule has 2 aromatic rings. The first-order valence-corrected chi connectivity index (χ1v) is 5.77. The van der Waals surface area contributed by atoms with E-state index in [4.69, 9.17) is 4.74 Å². The number of carbonyl (C=O) groups is 1. The van der Waals surface area contributed by atoms with E-state index in [9.17, 15) is 4.79 Å². The Morgan fingerprint density at radius 1 is 1.06 bits per heavy atom. The largest absolute Gasteiger partial charge is 0.455 e. The summed E-state index contributed by atoms with van der Waals surface area (Å²) >= 11 is 0. The molecule has 0 heterocycles. The fourth-order valence-electron chi connectivity index (χ4n) is 1.68. The van der Waals surface area contributed by atoms with Crippen LogP contribution in [0.5, 0.6) is 11.5 Å².